The van der Waals surface area contributed by atoms with Gasteiger partial charge in [-0.1, -0.05) is 42.1 Å². The summed E-state index contributed by atoms with van der Waals surface area (Å²) >= 11 is 2.72. The molecular weight excluding hydrogens is 504 g/mol. The van der Waals surface area contributed by atoms with E-state index in [9.17, 15) is 14.9 Å². The van der Waals surface area contributed by atoms with Crippen LogP contribution in [-0.2, 0) is 9.59 Å². The quantitative estimate of drug-likeness (QED) is 0.342. The van der Waals surface area contributed by atoms with Gasteiger partial charge in [0.1, 0.15) is 5.75 Å². The molecule has 0 saturated carbocycles. The van der Waals surface area contributed by atoms with Crippen LogP contribution in [-0.4, -0.2) is 24.7 Å². The molecule has 2 heterocycles. The van der Waals surface area contributed by atoms with Crippen LogP contribution in [0.5, 0.6) is 5.75 Å². The van der Waals surface area contributed by atoms with Crippen molar-refractivity contribution in [3.63, 3.8) is 0 Å². The number of para-hydroxylation sites is 2. The number of rotatable bonds is 8. The van der Waals surface area contributed by atoms with Crippen LogP contribution in [0.15, 0.2) is 87.9 Å². The topological polar surface area (TPSA) is 103 Å². The van der Waals surface area contributed by atoms with Crippen LogP contribution in [0.25, 0.3) is 0 Å². The molecule has 1 aliphatic heterocycles. The van der Waals surface area contributed by atoms with Gasteiger partial charge in [-0.2, -0.15) is 5.26 Å². The Labute approximate surface area is 224 Å². The summed E-state index contributed by atoms with van der Waals surface area (Å²) in [5.74, 6) is -0.437. The summed E-state index contributed by atoms with van der Waals surface area (Å²) in [6.45, 7) is 3.76. The van der Waals surface area contributed by atoms with Crippen molar-refractivity contribution >= 4 is 46.3 Å². The van der Waals surface area contributed by atoms with Gasteiger partial charge in [0.2, 0.25) is 5.91 Å². The third-order valence-corrected chi connectivity index (χ3v) is 7.68. The van der Waals surface area contributed by atoms with Gasteiger partial charge < -0.3 is 20.7 Å². The van der Waals surface area contributed by atoms with E-state index in [0.29, 0.717) is 33.3 Å². The molecule has 1 aliphatic rings. The highest BCUT2D eigenvalue weighted by molar-refractivity contribution is 8.03. The smallest absolute Gasteiger partial charge is 0.254 e. The number of hydrogen-bond acceptors (Lipinski definition) is 7. The lowest BCUT2D eigenvalue weighted by Crippen LogP contribution is -2.31. The number of dihydropyridines is 1. The van der Waals surface area contributed by atoms with Crippen molar-refractivity contribution in [3.05, 3.63) is 98.4 Å². The zero-order chi connectivity index (χ0) is 26.4. The molecule has 1 aromatic heterocycles. The molecule has 0 unspecified atom stereocenters. The van der Waals surface area contributed by atoms with Crippen LogP contribution in [0.1, 0.15) is 23.3 Å². The highest BCUT2D eigenvalue weighted by Gasteiger charge is 2.35. The lowest BCUT2D eigenvalue weighted by atomic mass is 9.86. The van der Waals surface area contributed by atoms with Gasteiger partial charge in [0.15, 0.2) is 0 Å². The molecule has 37 heavy (non-hydrogen) atoms. The minimum atomic E-state index is -0.566. The van der Waals surface area contributed by atoms with E-state index in [0.717, 1.165) is 16.1 Å². The molecule has 9 heteroatoms. The maximum atomic E-state index is 13.6. The Hall–Kier alpha value is -4.00. The third kappa shape index (κ3) is 6.05. The number of carbonyl (C=O) groups excluding carboxylic acids is 2. The van der Waals surface area contributed by atoms with Gasteiger partial charge in [0, 0.05) is 21.8 Å². The number of nitrogens with zero attached hydrogens (tertiary/aromatic N) is 1. The zero-order valence-electron chi connectivity index (χ0n) is 20.6. The summed E-state index contributed by atoms with van der Waals surface area (Å²) in [6, 6.07) is 20.8. The number of allylic oxidation sites excluding steroid dienone is 2. The van der Waals surface area contributed by atoms with E-state index in [4.69, 9.17) is 4.74 Å². The zero-order valence-corrected chi connectivity index (χ0v) is 22.3. The SMILES string of the molecule is COc1ccccc1NC(=O)C1=C(C)NC(SCC(=O)Nc2cccc(C)c2)=C(C#N)[C@H]1c1cccs1. The number of hydrogen-bond donors (Lipinski definition) is 3. The second-order valence-corrected chi connectivity index (χ2v) is 10.3. The molecule has 4 rings (SSSR count). The van der Waals surface area contributed by atoms with Crippen molar-refractivity contribution < 1.29 is 14.3 Å². The summed E-state index contributed by atoms with van der Waals surface area (Å²) in [6.07, 6.45) is 0. The molecule has 0 saturated heterocycles. The summed E-state index contributed by atoms with van der Waals surface area (Å²) in [4.78, 5) is 27.1. The Kier molecular flexibility index (Phi) is 8.33. The van der Waals surface area contributed by atoms with E-state index < -0.39 is 5.92 Å². The fraction of sp³-hybridized carbons (Fsp3) is 0.179. The monoisotopic (exact) mass is 530 g/mol. The first kappa shape index (κ1) is 26.1. The maximum Gasteiger partial charge on any atom is 0.254 e. The summed E-state index contributed by atoms with van der Waals surface area (Å²) in [5, 5.41) is 21.7. The van der Waals surface area contributed by atoms with Gasteiger partial charge >= 0.3 is 0 Å². The number of methoxy groups -OCH3 is 1. The molecule has 0 bridgehead atoms. The Balaban J connectivity index is 1.59. The molecule has 188 valence electrons. The van der Waals surface area contributed by atoms with Crippen molar-refractivity contribution in [2.75, 3.05) is 23.5 Å². The van der Waals surface area contributed by atoms with E-state index in [-0.39, 0.29) is 17.6 Å². The van der Waals surface area contributed by atoms with Crippen molar-refractivity contribution in [1.29, 1.82) is 5.26 Å². The van der Waals surface area contributed by atoms with E-state index in [1.807, 2.05) is 60.8 Å². The van der Waals surface area contributed by atoms with Crippen molar-refractivity contribution in [1.82, 2.24) is 5.32 Å². The standard InChI is InChI=1S/C28H26N4O3S2/c1-17-8-6-9-19(14-17)31-24(33)16-37-28-20(15-29)26(23-12-7-13-36-23)25(18(2)30-28)27(34)32-21-10-4-5-11-22(21)35-3/h4-14,26,30H,16H2,1-3H3,(H,31,33)(H,32,34)/t26-/m0/s1. The predicted octanol–water partition coefficient (Wildman–Crippen LogP) is 5.77. The van der Waals surface area contributed by atoms with Gasteiger partial charge in [-0.25, -0.2) is 0 Å². The Morgan fingerprint density at radius 2 is 1.92 bits per heavy atom. The van der Waals surface area contributed by atoms with Gasteiger partial charge in [-0.3, -0.25) is 9.59 Å². The second kappa shape index (κ2) is 11.8. The molecule has 7 nitrogen and oxygen atoms in total. The number of carbonyl (C=O) groups is 2. The van der Waals surface area contributed by atoms with E-state index in [2.05, 4.69) is 22.0 Å². The van der Waals surface area contributed by atoms with Crippen molar-refractivity contribution in [2.24, 2.45) is 0 Å². The van der Waals surface area contributed by atoms with E-state index >= 15 is 0 Å². The molecule has 2 aromatic carbocycles. The van der Waals surface area contributed by atoms with Gasteiger partial charge in [0.25, 0.3) is 5.91 Å². The second-order valence-electron chi connectivity index (χ2n) is 8.33. The lowest BCUT2D eigenvalue weighted by Gasteiger charge is -2.29. The molecule has 0 radical (unpaired) electrons. The molecule has 2 amide bonds. The fourth-order valence-electron chi connectivity index (χ4n) is 4.06. The average Bonchev–Trinajstić information content (AvgIpc) is 3.42. The van der Waals surface area contributed by atoms with Crippen LogP contribution in [0.2, 0.25) is 0 Å². The Morgan fingerprint density at radius 1 is 1.11 bits per heavy atom. The number of aryl methyl sites for hydroxylation is 1. The molecule has 0 spiro atoms. The highest BCUT2D eigenvalue weighted by Crippen LogP contribution is 2.42. The highest BCUT2D eigenvalue weighted by atomic mass is 32.2. The van der Waals surface area contributed by atoms with Gasteiger partial charge in [-0.05, 0) is 55.1 Å². The molecule has 0 aliphatic carbocycles. The number of nitriles is 1. The number of anilines is 2. The molecule has 3 N–H and O–H groups in total. The average molecular weight is 531 g/mol. The molecule has 0 fully saturated rings. The number of amides is 2. The summed E-state index contributed by atoms with van der Waals surface area (Å²) in [7, 11) is 1.54. The first-order valence-electron chi connectivity index (χ1n) is 11.5. The minimum absolute atomic E-state index is 0.106. The minimum Gasteiger partial charge on any atom is -0.495 e. The predicted molar refractivity (Wildman–Crippen MR) is 149 cm³/mol. The van der Waals surface area contributed by atoms with Gasteiger partial charge in [-0.15, -0.1) is 11.3 Å². The number of thioether (sulfide) groups is 1. The number of thiophene rings is 1. The maximum absolute atomic E-state index is 13.6. The Bertz CT molecular complexity index is 1420. The van der Waals surface area contributed by atoms with Crippen LogP contribution >= 0.6 is 23.1 Å². The number of nitrogens with one attached hydrogen (secondary N) is 3. The third-order valence-electron chi connectivity index (χ3n) is 5.72. The number of benzene rings is 2. The first-order valence-corrected chi connectivity index (χ1v) is 13.4. The van der Waals surface area contributed by atoms with Crippen LogP contribution in [0.4, 0.5) is 11.4 Å². The first-order chi connectivity index (χ1) is 17.9. The summed E-state index contributed by atoms with van der Waals surface area (Å²) < 4.78 is 5.38. The van der Waals surface area contributed by atoms with Crippen molar-refractivity contribution in [3.8, 4) is 11.8 Å². The van der Waals surface area contributed by atoms with E-state index in [1.165, 1.54) is 23.1 Å². The molecule has 3 aromatic rings. The normalized spacial score (nSPS) is 15.0. The largest absolute Gasteiger partial charge is 0.495 e. The summed E-state index contributed by atoms with van der Waals surface area (Å²) in [5.41, 5.74) is 3.76. The van der Waals surface area contributed by atoms with Gasteiger partial charge in [0.05, 0.1) is 41.1 Å². The lowest BCUT2D eigenvalue weighted by molar-refractivity contribution is -0.114. The molecular formula is C28H26N4O3S2. The Morgan fingerprint density at radius 3 is 2.62 bits per heavy atom. The van der Waals surface area contributed by atoms with Crippen LogP contribution in [0.3, 0.4) is 0 Å². The molecule has 1 atom stereocenters. The van der Waals surface area contributed by atoms with Crippen LogP contribution in [0, 0.1) is 18.3 Å². The number of ether oxygens (including phenoxy) is 1. The van der Waals surface area contributed by atoms with Crippen molar-refractivity contribution in [2.45, 2.75) is 19.8 Å². The van der Waals surface area contributed by atoms with E-state index in [1.54, 1.807) is 26.2 Å². The van der Waals surface area contributed by atoms with Crippen LogP contribution < -0.4 is 20.7 Å². The fourth-order valence-corrected chi connectivity index (χ4v) is 5.80.